The minimum absolute atomic E-state index is 0.0429. The van der Waals surface area contributed by atoms with Gasteiger partial charge in [-0.3, -0.25) is 0 Å². The van der Waals surface area contributed by atoms with Gasteiger partial charge in [0, 0.05) is 32.4 Å². The van der Waals surface area contributed by atoms with E-state index in [9.17, 15) is 9.18 Å². The zero-order valence-electron chi connectivity index (χ0n) is 14.3. The first-order valence-electron chi connectivity index (χ1n) is 7.99. The van der Waals surface area contributed by atoms with Crippen LogP contribution in [0.2, 0.25) is 0 Å². The van der Waals surface area contributed by atoms with Crippen LogP contribution in [0.5, 0.6) is 0 Å². The van der Waals surface area contributed by atoms with Crippen molar-refractivity contribution in [2.24, 2.45) is 0 Å². The molecule has 2 amide bonds. The number of rotatable bonds is 4. The lowest BCUT2D eigenvalue weighted by Crippen LogP contribution is -2.45. The molecule has 0 radical (unpaired) electrons. The Morgan fingerprint density at radius 1 is 1.46 bits per heavy atom. The number of benzene rings is 1. The lowest BCUT2D eigenvalue weighted by atomic mass is 10.2. The van der Waals surface area contributed by atoms with E-state index in [1.807, 2.05) is 24.8 Å². The van der Waals surface area contributed by atoms with Crippen molar-refractivity contribution in [1.29, 1.82) is 5.26 Å². The summed E-state index contributed by atoms with van der Waals surface area (Å²) in [7, 11) is 1.59. The molecule has 0 bridgehead atoms. The highest BCUT2D eigenvalue weighted by atomic mass is 19.1. The van der Waals surface area contributed by atoms with Crippen LogP contribution >= 0.6 is 0 Å². The molecular formula is C17H23FN4O2. The number of nitriles is 1. The van der Waals surface area contributed by atoms with E-state index in [0.29, 0.717) is 31.0 Å². The molecule has 0 aromatic heterocycles. The highest BCUT2D eigenvalue weighted by Gasteiger charge is 2.24. The lowest BCUT2D eigenvalue weighted by molar-refractivity contribution is -0.00539. The molecule has 130 valence electrons. The fourth-order valence-electron chi connectivity index (χ4n) is 2.75. The number of nitrogens with one attached hydrogen (secondary N) is 1. The molecule has 0 saturated carbocycles. The summed E-state index contributed by atoms with van der Waals surface area (Å²) < 4.78 is 20.1. The number of urea groups is 1. The van der Waals surface area contributed by atoms with Gasteiger partial charge in [-0.15, -0.1) is 0 Å². The largest absolute Gasteiger partial charge is 0.372 e. The summed E-state index contributed by atoms with van der Waals surface area (Å²) in [5.74, 6) is -0.381. The van der Waals surface area contributed by atoms with Crippen molar-refractivity contribution in [2.45, 2.75) is 32.5 Å². The Kier molecular flexibility index (Phi) is 5.99. The first kappa shape index (κ1) is 18.0. The van der Waals surface area contributed by atoms with Crippen molar-refractivity contribution in [3.63, 3.8) is 0 Å². The van der Waals surface area contributed by atoms with Crippen LogP contribution in [0.4, 0.5) is 20.6 Å². The maximum absolute atomic E-state index is 14.5. The van der Waals surface area contributed by atoms with Gasteiger partial charge in [0.25, 0.3) is 0 Å². The van der Waals surface area contributed by atoms with E-state index in [4.69, 9.17) is 10.00 Å². The summed E-state index contributed by atoms with van der Waals surface area (Å²) in [4.78, 5) is 15.3. The topological polar surface area (TPSA) is 68.6 Å². The molecule has 1 heterocycles. The molecule has 0 spiro atoms. The van der Waals surface area contributed by atoms with Gasteiger partial charge in [-0.2, -0.15) is 5.26 Å². The molecule has 2 unspecified atom stereocenters. The minimum Gasteiger partial charge on any atom is -0.372 e. The maximum Gasteiger partial charge on any atom is 0.321 e. The Labute approximate surface area is 141 Å². The Morgan fingerprint density at radius 3 is 2.71 bits per heavy atom. The number of amides is 2. The molecule has 1 saturated heterocycles. The van der Waals surface area contributed by atoms with Gasteiger partial charge in [-0.1, -0.05) is 0 Å². The molecule has 2 atom stereocenters. The van der Waals surface area contributed by atoms with Crippen LogP contribution in [0, 0.1) is 17.1 Å². The number of ether oxygens (including phenoxy) is 1. The second-order valence-corrected chi connectivity index (χ2v) is 6.09. The van der Waals surface area contributed by atoms with Crippen LogP contribution in [0.25, 0.3) is 0 Å². The van der Waals surface area contributed by atoms with Crippen LogP contribution in [-0.4, -0.2) is 49.8 Å². The summed E-state index contributed by atoms with van der Waals surface area (Å²) in [5, 5.41) is 11.2. The van der Waals surface area contributed by atoms with Gasteiger partial charge < -0.3 is 19.9 Å². The van der Waals surface area contributed by atoms with Crippen molar-refractivity contribution in [1.82, 2.24) is 4.90 Å². The summed E-state index contributed by atoms with van der Waals surface area (Å²) in [6.07, 6.45) is 0.340. The highest BCUT2D eigenvalue weighted by molar-refractivity contribution is 5.89. The number of carbonyl (C=O) groups is 1. The number of carbonyl (C=O) groups excluding carboxylic acids is 1. The van der Waals surface area contributed by atoms with Crippen LogP contribution in [0.1, 0.15) is 20.3 Å². The molecule has 1 aromatic rings. The number of hydrogen-bond acceptors (Lipinski definition) is 4. The molecule has 1 aliphatic heterocycles. The first-order chi connectivity index (χ1) is 11.4. The number of nitrogens with zero attached hydrogens (tertiary/aromatic N) is 3. The zero-order valence-corrected chi connectivity index (χ0v) is 14.3. The van der Waals surface area contributed by atoms with Gasteiger partial charge in [0.1, 0.15) is 5.82 Å². The molecule has 1 aliphatic rings. The van der Waals surface area contributed by atoms with E-state index in [0.717, 1.165) is 0 Å². The molecule has 7 heteroatoms. The van der Waals surface area contributed by atoms with Crippen molar-refractivity contribution >= 4 is 17.4 Å². The third-order valence-electron chi connectivity index (χ3n) is 3.86. The fraction of sp³-hybridized carbons (Fsp3) is 0.529. The Bertz CT molecular complexity index is 622. The average molecular weight is 334 g/mol. The SMILES string of the molecule is CC1CN(c2ccc(NC(=O)N(C)CCC#N)cc2F)CC(C)O1. The molecule has 6 nitrogen and oxygen atoms in total. The molecule has 1 fully saturated rings. The number of halogens is 1. The molecule has 24 heavy (non-hydrogen) atoms. The number of anilines is 2. The molecule has 1 aromatic carbocycles. The molecule has 1 N–H and O–H groups in total. The van der Waals surface area contributed by atoms with Crippen LogP contribution in [0.3, 0.4) is 0 Å². The van der Waals surface area contributed by atoms with Crippen molar-refractivity contribution < 1.29 is 13.9 Å². The third-order valence-corrected chi connectivity index (χ3v) is 3.86. The second-order valence-electron chi connectivity index (χ2n) is 6.09. The average Bonchev–Trinajstić information content (AvgIpc) is 2.51. The fourth-order valence-corrected chi connectivity index (χ4v) is 2.75. The van der Waals surface area contributed by atoms with Gasteiger partial charge >= 0.3 is 6.03 Å². The molecule has 2 rings (SSSR count). The van der Waals surface area contributed by atoms with E-state index in [1.165, 1.54) is 11.0 Å². The zero-order chi connectivity index (χ0) is 17.7. The van der Waals surface area contributed by atoms with E-state index >= 15 is 0 Å². The van der Waals surface area contributed by atoms with Crippen LogP contribution in [-0.2, 0) is 4.74 Å². The number of morpholine rings is 1. The molecular weight excluding hydrogens is 311 g/mol. The normalized spacial score (nSPS) is 20.4. The monoisotopic (exact) mass is 334 g/mol. The summed E-state index contributed by atoms with van der Waals surface area (Å²) >= 11 is 0. The van der Waals surface area contributed by atoms with Crippen molar-refractivity contribution in [2.75, 3.05) is 36.9 Å². The van der Waals surface area contributed by atoms with E-state index in [1.54, 1.807) is 19.2 Å². The number of hydrogen-bond donors (Lipinski definition) is 1. The minimum atomic E-state index is -0.381. The lowest BCUT2D eigenvalue weighted by Gasteiger charge is -2.37. The van der Waals surface area contributed by atoms with Gasteiger partial charge in [0.05, 0.1) is 30.4 Å². The van der Waals surface area contributed by atoms with Gasteiger partial charge in [-0.25, -0.2) is 9.18 Å². The van der Waals surface area contributed by atoms with Gasteiger partial charge in [-0.05, 0) is 32.0 Å². The van der Waals surface area contributed by atoms with E-state index in [2.05, 4.69) is 5.32 Å². The quantitative estimate of drug-likeness (QED) is 0.919. The van der Waals surface area contributed by atoms with Gasteiger partial charge in [0.15, 0.2) is 0 Å². The van der Waals surface area contributed by atoms with Gasteiger partial charge in [0.2, 0.25) is 0 Å². The molecule has 0 aliphatic carbocycles. The smallest absolute Gasteiger partial charge is 0.321 e. The van der Waals surface area contributed by atoms with Crippen molar-refractivity contribution in [3.05, 3.63) is 24.0 Å². The Hall–Kier alpha value is -2.33. The predicted octanol–water partition coefficient (Wildman–Crippen LogP) is 2.82. The van der Waals surface area contributed by atoms with Crippen molar-refractivity contribution in [3.8, 4) is 6.07 Å². The summed E-state index contributed by atoms with van der Waals surface area (Å²) in [6, 6.07) is 6.28. The third kappa shape index (κ3) is 4.59. The summed E-state index contributed by atoms with van der Waals surface area (Å²) in [6.45, 7) is 5.51. The first-order valence-corrected chi connectivity index (χ1v) is 7.99. The summed E-state index contributed by atoms with van der Waals surface area (Å²) in [5.41, 5.74) is 0.896. The Balaban J connectivity index is 2.04. The standard InChI is InChI=1S/C17H23FN4O2/c1-12-10-22(11-13(2)24-12)16-6-5-14(9-15(16)18)20-17(23)21(3)8-4-7-19/h5-6,9,12-13H,4,8,10-11H2,1-3H3,(H,20,23). The van der Waals surface area contributed by atoms with Crippen LogP contribution < -0.4 is 10.2 Å². The maximum atomic E-state index is 14.5. The predicted molar refractivity (Wildman–Crippen MR) is 90.5 cm³/mol. The Morgan fingerprint density at radius 2 is 2.12 bits per heavy atom. The second kappa shape index (κ2) is 7.97. The van der Waals surface area contributed by atoms with E-state index < -0.39 is 0 Å². The van der Waals surface area contributed by atoms with E-state index in [-0.39, 0.29) is 30.5 Å². The van der Waals surface area contributed by atoms with Crippen LogP contribution in [0.15, 0.2) is 18.2 Å². The highest BCUT2D eigenvalue weighted by Crippen LogP contribution is 2.26.